The first-order valence-electron chi connectivity index (χ1n) is 4.56. The first kappa shape index (κ1) is 11.4. The maximum atomic E-state index is 10.9. The molecule has 1 aromatic rings. The van der Waals surface area contributed by atoms with Crippen LogP contribution in [0.5, 0.6) is 5.75 Å². The van der Waals surface area contributed by atoms with Gasteiger partial charge in [-0.1, -0.05) is 0 Å². The van der Waals surface area contributed by atoms with Crippen molar-refractivity contribution < 1.29 is 14.6 Å². The van der Waals surface area contributed by atoms with Crippen molar-refractivity contribution in [2.45, 2.75) is 6.92 Å². The van der Waals surface area contributed by atoms with Gasteiger partial charge in [0.05, 0.1) is 18.4 Å². The highest BCUT2D eigenvalue weighted by atomic mass is 16.5. The van der Waals surface area contributed by atoms with Crippen LogP contribution >= 0.6 is 0 Å². The first-order chi connectivity index (χ1) is 6.97. The van der Waals surface area contributed by atoms with Crippen LogP contribution in [0.3, 0.4) is 0 Å². The molecule has 0 radical (unpaired) electrons. The van der Waals surface area contributed by atoms with Gasteiger partial charge in [0.1, 0.15) is 5.75 Å². The number of aromatic carboxylic acids is 1. The minimum Gasteiger partial charge on any atom is -0.495 e. The van der Waals surface area contributed by atoms with Crippen molar-refractivity contribution in [2.24, 2.45) is 0 Å². The zero-order valence-electron chi connectivity index (χ0n) is 9.37. The fourth-order valence-corrected chi connectivity index (χ4v) is 1.41. The summed E-state index contributed by atoms with van der Waals surface area (Å²) >= 11 is 0. The van der Waals surface area contributed by atoms with Crippen LogP contribution in [0.1, 0.15) is 15.9 Å². The van der Waals surface area contributed by atoms with Crippen LogP contribution in [0, 0.1) is 6.92 Å². The van der Waals surface area contributed by atoms with E-state index in [1.807, 2.05) is 19.0 Å². The molecule has 82 valence electrons. The highest BCUT2D eigenvalue weighted by Gasteiger charge is 2.13. The molecular formula is C11H15NO3. The number of methoxy groups -OCH3 is 1. The third kappa shape index (κ3) is 2.21. The third-order valence-electron chi connectivity index (χ3n) is 2.24. The van der Waals surface area contributed by atoms with E-state index in [4.69, 9.17) is 9.84 Å². The van der Waals surface area contributed by atoms with Crippen LogP contribution in [0.15, 0.2) is 12.1 Å². The molecule has 1 rings (SSSR count). The van der Waals surface area contributed by atoms with Gasteiger partial charge < -0.3 is 14.7 Å². The van der Waals surface area contributed by atoms with E-state index in [0.29, 0.717) is 16.9 Å². The predicted molar refractivity (Wildman–Crippen MR) is 59.0 cm³/mol. The van der Waals surface area contributed by atoms with Gasteiger partial charge in [0.25, 0.3) is 0 Å². The molecule has 0 spiro atoms. The Hall–Kier alpha value is -1.71. The van der Waals surface area contributed by atoms with Gasteiger partial charge in [-0.3, -0.25) is 0 Å². The number of hydrogen-bond donors (Lipinski definition) is 1. The minimum absolute atomic E-state index is 0.305. The van der Waals surface area contributed by atoms with Gasteiger partial charge >= 0.3 is 5.97 Å². The molecule has 0 atom stereocenters. The van der Waals surface area contributed by atoms with Gasteiger partial charge in [-0.15, -0.1) is 0 Å². The summed E-state index contributed by atoms with van der Waals surface area (Å²) < 4.78 is 5.19. The number of rotatable bonds is 3. The number of carbonyl (C=O) groups is 1. The topological polar surface area (TPSA) is 49.8 Å². The van der Waals surface area contributed by atoms with Crippen molar-refractivity contribution >= 4 is 11.7 Å². The van der Waals surface area contributed by atoms with Crippen molar-refractivity contribution in [1.29, 1.82) is 0 Å². The Labute approximate surface area is 89.1 Å². The molecule has 0 saturated heterocycles. The van der Waals surface area contributed by atoms with E-state index >= 15 is 0 Å². The zero-order valence-corrected chi connectivity index (χ0v) is 9.37. The molecule has 1 N–H and O–H groups in total. The Morgan fingerprint density at radius 3 is 2.40 bits per heavy atom. The Kier molecular flexibility index (Phi) is 3.19. The quantitative estimate of drug-likeness (QED) is 0.824. The summed E-state index contributed by atoms with van der Waals surface area (Å²) in [5, 5.41) is 8.98. The summed E-state index contributed by atoms with van der Waals surface area (Å²) in [6.45, 7) is 1.76. The van der Waals surface area contributed by atoms with E-state index in [9.17, 15) is 4.79 Å². The number of hydrogen-bond acceptors (Lipinski definition) is 3. The standard InChI is InChI=1S/C11H15NO3/c1-7-5-10(15-4)9(12(2)3)6-8(7)11(13)14/h5-6H,1-4H3,(H,13,14). The molecular weight excluding hydrogens is 194 g/mol. The molecule has 0 aliphatic carbocycles. The van der Waals surface area contributed by atoms with E-state index in [1.54, 1.807) is 26.2 Å². The van der Waals surface area contributed by atoms with Crippen LogP contribution in [-0.2, 0) is 0 Å². The molecule has 0 bridgehead atoms. The fraction of sp³-hybridized carbons (Fsp3) is 0.364. The highest BCUT2D eigenvalue weighted by molar-refractivity contribution is 5.91. The summed E-state index contributed by atoms with van der Waals surface area (Å²) in [4.78, 5) is 12.8. The van der Waals surface area contributed by atoms with E-state index in [2.05, 4.69) is 0 Å². The summed E-state index contributed by atoms with van der Waals surface area (Å²) in [7, 11) is 5.26. The van der Waals surface area contributed by atoms with Gasteiger partial charge in [0.15, 0.2) is 0 Å². The molecule has 0 saturated carbocycles. The molecule has 0 heterocycles. The maximum Gasteiger partial charge on any atom is 0.336 e. The molecule has 0 unspecified atom stereocenters. The summed E-state index contributed by atoms with van der Waals surface area (Å²) in [5.74, 6) is -0.235. The highest BCUT2D eigenvalue weighted by Crippen LogP contribution is 2.30. The summed E-state index contributed by atoms with van der Waals surface area (Å²) in [6.07, 6.45) is 0. The second kappa shape index (κ2) is 4.21. The van der Waals surface area contributed by atoms with E-state index in [0.717, 1.165) is 5.69 Å². The van der Waals surface area contributed by atoms with E-state index in [-0.39, 0.29) is 0 Å². The average Bonchev–Trinajstić information content (AvgIpc) is 2.16. The largest absolute Gasteiger partial charge is 0.495 e. The average molecular weight is 209 g/mol. The predicted octanol–water partition coefficient (Wildman–Crippen LogP) is 1.77. The molecule has 4 heteroatoms. The van der Waals surface area contributed by atoms with Crippen molar-refractivity contribution in [3.8, 4) is 5.75 Å². The monoisotopic (exact) mass is 209 g/mol. The molecule has 4 nitrogen and oxygen atoms in total. The van der Waals surface area contributed by atoms with Crippen molar-refractivity contribution in [1.82, 2.24) is 0 Å². The Morgan fingerprint density at radius 1 is 1.40 bits per heavy atom. The van der Waals surface area contributed by atoms with Gasteiger partial charge in [-0.05, 0) is 24.6 Å². The van der Waals surface area contributed by atoms with Gasteiger partial charge in [0, 0.05) is 14.1 Å². The molecule has 0 fully saturated rings. The van der Waals surface area contributed by atoms with Gasteiger partial charge in [0.2, 0.25) is 0 Å². The lowest BCUT2D eigenvalue weighted by atomic mass is 10.1. The maximum absolute atomic E-state index is 10.9. The second-order valence-corrected chi connectivity index (χ2v) is 3.54. The Balaban J connectivity index is 3.37. The molecule has 0 aliphatic rings. The van der Waals surface area contributed by atoms with Crippen LogP contribution < -0.4 is 9.64 Å². The number of nitrogens with zero attached hydrogens (tertiary/aromatic N) is 1. The van der Waals surface area contributed by atoms with Crippen LogP contribution in [0.4, 0.5) is 5.69 Å². The van der Waals surface area contributed by atoms with Crippen molar-refractivity contribution in [3.05, 3.63) is 23.3 Å². The lowest BCUT2D eigenvalue weighted by Gasteiger charge is -2.18. The Bertz CT molecular complexity index is 386. The number of anilines is 1. The first-order valence-corrected chi connectivity index (χ1v) is 4.56. The zero-order chi connectivity index (χ0) is 11.6. The fourth-order valence-electron chi connectivity index (χ4n) is 1.41. The normalized spacial score (nSPS) is 9.87. The third-order valence-corrected chi connectivity index (χ3v) is 2.24. The van der Waals surface area contributed by atoms with Crippen molar-refractivity contribution in [3.63, 3.8) is 0 Å². The number of carboxylic acids is 1. The summed E-state index contributed by atoms with van der Waals surface area (Å²) in [6, 6.07) is 3.36. The Morgan fingerprint density at radius 2 is 2.00 bits per heavy atom. The van der Waals surface area contributed by atoms with Crippen LogP contribution in [-0.4, -0.2) is 32.3 Å². The van der Waals surface area contributed by atoms with Crippen LogP contribution in [0.25, 0.3) is 0 Å². The minimum atomic E-state index is -0.918. The molecule has 0 aromatic heterocycles. The second-order valence-electron chi connectivity index (χ2n) is 3.54. The smallest absolute Gasteiger partial charge is 0.336 e. The number of benzene rings is 1. The number of carboxylic acid groups (broad SMARTS) is 1. The SMILES string of the molecule is COc1cc(C)c(C(=O)O)cc1N(C)C. The molecule has 15 heavy (non-hydrogen) atoms. The van der Waals surface area contributed by atoms with Gasteiger partial charge in [-0.2, -0.15) is 0 Å². The van der Waals surface area contributed by atoms with E-state index in [1.165, 1.54) is 0 Å². The lowest BCUT2D eigenvalue weighted by Crippen LogP contribution is -2.12. The van der Waals surface area contributed by atoms with Gasteiger partial charge in [-0.25, -0.2) is 4.79 Å². The molecule has 0 amide bonds. The molecule has 0 aliphatic heterocycles. The number of ether oxygens (including phenoxy) is 1. The molecule has 1 aromatic carbocycles. The van der Waals surface area contributed by atoms with Crippen LogP contribution in [0.2, 0.25) is 0 Å². The lowest BCUT2D eigenvalue weighted by molar-refractivity contribution is 0.0696. The van der Waals surface area contributed by atoms with Crippen molar-refractivity contribution in [2.75, 3.05) is 26.1 Å². The number of aryl methyl sites for hydroxylation is 1. The summed E-state index contributed by atoms with van der Waals surface area (Å²) in [5.41, 5.74) is 1.77. The van der Waals surface area contributed by atoms with E-state index < -0.39 is 5.97 Å².